The fraction of sp³-hybridized carbons (Fsp3) is 0.167. The fourth-order valence-electron chi connectivity index (χ4n) is 2.64. The van der Waals surface area contributed by atoms with E-state index in [9.17, 15) is 17.6 Å². The Hall–Kier alpha value is -2.87. The normalized spacial score (nSPS) is 11.5. The number of nitrogens with one attached hydrogen (secondary N) is 2. The summed E-state index contributed by atoms with van der Waals surface area (Å²) >= 11 is 0. The Balaban J connectivity index is 1.81. The quantitative estimate of drug-likeness (QED) is 0.716. The first kappa shape index (κ1) is 17.9. The smallest absolute Gasteiger partial charge is 0.287 e. The van der Waals surface area contributed by atoms with E-state index in [0.29, 0.717) is 27.8 Å². The zero-order valence-corrected chi connectivity index (χ0v) is 15.0. The maximum absolute atomic E-state index is 13.4. The maximum atomic E-state index is 13.4. The van der Waals surface area contributed by atoms with E-state index in [0.717, 1.165) is 6.26 Å². The van der Waals surface area contributed by atoms with Crippen LogP contribution in [0.25, 0.3) is 11.0 Å². The molecule has 0 aliphatic carbocycles. The molecule has 2 aromatic carbocycles. The Morgan fingerprint density at radius 2 is 1.92 bits per heavy atom. The molecule has 0 saturated carbocycles. The van der Waals surface area contributed by atoms with Crippen LogP contribution in [0.4, 0.5) is 10.1 Å². The summed E-state index contributed by atoms with van der Waals surface area (Å²) < 4.78 is 44.2. The number of para-hydroxylation sites is 1. The van der Waals surface area contributed by atoms with Crippen LogP contribution in [0.1, 0.15) is 21.7 Å². The topological polar surface area (TPSA) is 88.4 Å². The number of carbonyl (C=O) groups excluding carboxylic acids is 1. The number of rotatable bonds is 5. The average molecular weight is 376 g/mol. The molecule has 136 valence electrons. The molecule has 3 aromatic rings. The molecule has 2 N–H and O–H groups in total. The molecule has 0 radical (unpaired) electrons. The van der Waals surface area contributed by atoms with Gasteiger partial charge in [-0.3, -0.25) is 9.52 Å². The van der Waals surface area contributed by atoms with Crippen molar-refractivity contribution in [2.24, 2.45) is 0 Å². The van der Waals surface area contributed by atoms with Crippen LogP contribution in [0.15, 0.2) is 46.9 Å². The third-order valence-corrected chi connectivity index (χ3v) is 4.45. The first-order valence-electron chi connectivity index (χ1n) is 7.77. The van der Waals surface area contributed by atoms with Gasteiger partial charge in [0.1, 0.15) is 11.4 Å². The summed E-state index contributed by atoms with van der Waals surface area (Å²) in [5.41, 5.74) is 1.96. The van der Waals surface area contributed by atoms with Crippen LogP contribution in [0, 0.1) is 12.7 Å². The molecule has 26 heavy (non-hydrogen) atoms. The highest BCUT2D eigenvalue weighted by Crippen LogP contribution is 2.26. The third-order valence-electron chi connectivity index (χ3n) is 3.86. The summed E-state index contributed by atoms with van der Waals surface area (Å²) in [5, 5.41) is 3.23. The van der Waals surface area contributed by atoms with Gasteiger partial charge in [-0.2, -0.15) is 0 Å². The number of fused-ring (bicyclic) bond motifs is 1. The Bertz CT molecular complexity index is 1090. The number of hydrogen-bond donors (Lipinski definition) is 2. The molecule has 0 spiro atoms. The lowest BCUT2D eigenvalue weighted by molar-refractivity contribution is 0.0924. The lowest BCUT2D eigenvalue weighted by Crippen LogP contribution is -2.24. The van der Waals surface area contributed by atoms with E-state index in [4.69, 9.17) is 4.42 Å². The number of carbonyl (C=O) groups is 1. The second-order valence-corrected chi connectivity index (χ2v) is 7.66. The lowest BCUT2D eigenvalue weighted by Gasteiger charge is -2.11. The SMILES string of the molecule is Cc1c(C(=O)NCc2ccccc2NS(C)(=O)=O)oc2ccc(F)cc12. The van der Waals surface area contributed by atoms with Crippen LogP contribution in [-0.4, -0.2) is 20.6 Å². The number of benzene rings is 2. The predicted octanol–water partition coefficient (Wildman–Crippen LogP) is 3.18. The van der Waals surface area contributed by atoms with Crippen LogP contribution in [0.2, 0.25) is 0 Å². The molecule has 0 bridgehead atoms. The Kier molecular flexibility index (Phi) is 4.69. The molecular formula is C18H17FN2O4S. The summed E-state index contributed by atoms with van der Waals surface area (Å²) in [6.07, 6.45) is 1.05. The van der Waals surface area contributed by atoms with Crippen molar-refractivity contribution in [3.05, 3.63) is 65.2 Å². The van der Waals surface area contributed by atoms with Gasteiger partial charge in [-0.25, -0.2) is 12.8 Å². The Morgan fingerprint density at radius 3 is 2.65 bits per heavy atom. The number of sulfonamides is 1. The van der Waals surface area contributed by atoms with E-state index < -0.39 is 21.7 Å². The average Bonchev–Trinajstić information content (AvgIpc) is 2.89. The monoisotopic (exact) mass is 376 g/mol. The van der Waals surface area contributed by atoms with Crippen molar-refractivity contribution in [2.75, 3.05) is 11.0 Å². The number of aryl methyl sites for hydroxylation is 1. The number of furan rings is 1. The molecule has 0 saturated heterocycles. The molecule has 0 aliphatic heterocycles. The number of halogens is 1. The summed E-state index contributed by atoms with van der Waals surface area (Å²) in [5.74, 6) is -0.776. The summed E-state index contributed by atoms with van der Waals surface area (Å²) in [6.45, 7) is 1.78. The van der Waals surface area contributed by atoms with Gasteiger partial charge in [0, 0.05) is 17.5 Å². The summed E-state index contributed by atoms with van der Waals surface area (Å²) in [4.78, 5) is 12.5. The fourth-order valence-corrected chi connectivity index (χ4v) is 3.24. The third kappa shape index (κ3) is 3.85. The molecule has 0 atom stereocenters. The zero-order chi connectivity index (χ0) is 18.9. The molecule has 1 heterocycles. The van der Waals surface area contributed by atoms with Gasteiger partial charge in [0.05, 0.1) is 11.9 Å². The molecule has 1 amide bonds. The van der Waals surface area contributed by atoms with Gasteiger partial charge in [-0.15, -0.1) is 0 Å². The first-order valence-corrected chi connectivity index (χ1v) is 9.66. The molecular weight excluding hydrogens is 359 g/mol. The van der Waals surface area contributed by atoms with E-state index >= 15 is 0 Å². The van der Waals surface area contributed by atoms with Crippen LogP contribution in [0.3, 0.4) is 0 Å². The van der Waals surface area contributed by atoms with Crippen molar-refractivity contribution in [3.63, 3.8) is 0 Å². The minimum atomic E-state index is -3.44. The largest absolute Gasteiger partial charge is 0.451 e. The van der Waals surface area contributed by atoms with Gasteiger partial charge in [0.15, 0.2) is 5.76 Å². The highest BCUT2D eigenvalue weighted by atomic mass is 32.2. The summed E-state index contributed by atoms with van der Waals surface area (Å²) in [7, 11) is -3.44. The maximum Gasteiger partial charge on any atom is 0.287 e. The van der Waals surface area contributed by atoms with E-state index in [-0.39, 0.29) is 12.3 Å². The molecule has 0 unspecified atom stereocenters. The van der Waals surface area contributed by atoms with Gasteiger partial charge in [0.25, 0.3) is 5.91 Å². The Labute approximate surface area is 150 Å². The van der Waals surface area contributed by atoms with Gasteiger partial charge in [-0.1, -0.05) is 18.2 Å². The van der Waals surface area contributed by atoms with Crippen molar-refractivity contribution in [3.8, 4) is 0 Å². The lowest BCUT2D eigenvalue weighted by atomic mass is 10.1. The van der Waals surface area contributed by atoms with Crippen molar-refractivity contribution in [2.45, 2.75) is 13.5 Å². The molecule has 1 aromatic heterocycles. The van der Waals surface area contributed by atoms with Crippen molar-refractivity contribution < 1.29 is 22.0 Å². The van der Waals surface area contributed by atoms with Crippen LogP contribution >= 0.6 is 0 Å². The second-order valence-electron chi connectivity index (χ2n) is 5.91. The van der Waals surface area contributed by atoms with E-state index in [1.165, 1.54) is 18.2 Å². The van der Waals surface area contributed by atoms with Crippen molar-refractivity contribution in [1.29, 1.82) is 0 Å². The Morgan fingerprint density at radius 1 is 1.19 bits per heavy atom. The van der Waals surface area contributed by atoms with Gasteiger partial charge >= 0.3 is 0 Å². The zero-order valence-electron chi connectivity index (χ0n) is 14.2. The van der Waals surface area contributed by atoms with Crippen LogP contribution < -0.4 is 10.0 Å². The number of anilines is 1. The highest BCUT2D eigenvalue weighted by molar-refractivity contribution is 7.92. The van der Waals surface area contributed by atoms with E-state index in [2.05, 4.69) is 10.0 Å². The van der Waals surface area contributed by atoms with Crippen molar-refractivity contribution >= 4 is 32.6 Å². The van der Waals surface area contributed by atoms with Gasteiger partial charge < -0.3 is 9.73 Å². The molecule has 6 nitrogen and oxygen atoms in total. The molecule has 0 aliphatic rings. The van der Waals surface area contributed by atoms with Gasteiger partial charge in [-0.05, 0) is 36.8 Å². The number of amides is 1. The van der Waals surface area contributed by atoms with Crippen molar-refractivity contribution in [1.82, 2.24) is 5.32 Å². The minimum absolute atomic E-state index is 0.0964. The second kappa shape index (κ2) is 6.80. The molecule has 8 heteroatoms. The van der Waals surface area contributed by atoms with Crippen LogP contribution in [-0.2, 0) is 16.6 Å². The standard InChI is InChI=1S/C18H17FN2O4S/c1-11-14-9-13(19)7-8-16(14)25-17(11)18(22)20-10-12-5-3-4-6-15(12)21-26(2,23)24/h3-9,21H,10H2,1-2H3,(H,20,22). The molecule has 3 rings (SSSR count). The van der Waals surface area contributed by atoms with Gasteiger partial charge in [0.2, 0.25) is 10.0 Å². The molecule has 0 fully saturated rings. The minimum Gasteiger partial charge on any atom is -0.451 e. The predicted molar refractivity (Wildman–Crippen MR) is 97.0 cm³/mol. The first-order chi connectivity index (χ1) is 12.2. The van der Waals surface area contributed by atoms with E-state index in [1.54, 1.807) is 31.2 Å². The van der Waals surface area contributed by atoms with Crippen LogP contribution in [0.5, 0.6) is 0 Å². The number of hydrogen-bond acceptors (Lipinski definition) is 4. The summed E-state index contributed by atoms with van der Waals surface area (Å²) in [6, 6.07) is 10.8. The highest BCUT2D eigenvalue weighted by Gasteiger charge is 2.18. The van der Waals surface area contributed by atoms with E-state index in [1.807, 2.05) is 0 Å².